The summed E-state index contributed by atoms with van der Waals surface area (Å²) in [7, 11) is 3.81. The molecule has 49 heavy (non-hydrogen) atoms. The van der Waals surface area contributed by atoms with Crippen molar-refractivity contribution in [2.24, 2.45) is 5.41 Å². The first-order valence-electron chi connectivity index (χ1n) is 17.0. The molecule has 4 fully saturated rings. The third kappa shape index (κ3) is 6.82. The Balaban J connectivity index is 0.000000195. The number of fused-ring (bicyclic) bond motifs is 3. The molecule has 2 N–H and O–H groups in total. The number of rotatable bonds is 9. The van der Waals surface area contributed by atoms with Gasteiger partial charge in [-0.2, -0.15) is 0 Å². The SMILES string of the molecule is CC(F)(F)CN1CCC2(CC1)C(=O)N1NCC12F.COc1cccc(OC2CCCN(C)C2)c1-c1cccc2c(CCC(=O)O)cccc12. The minimum Gasteiger partial charge on any atom is -0.496 e. The lowest BCUT2D eigenvalue weighted by atomic mass is 9.61. The van der Waals surface area contributed by atoms with Crippen molar-refractivity contribution in [1.29, 1.82) is 0 Å². The van der Waals surface area contributed by atoms with E-state index in [0.29, 0.717) is 32.4 Å². The van der Waals surface area contributed by atoms with Crippen LogP contribution in [0, 0.1) is 5.41 Å². The van der Waals surface area contributed by atoms with Crippen LogP contribution in [0.25, 0.3) is 21.9 Å². The van der Waals surface area contributed by atoms with E-state index in [9.17, 15) is 22.8 Å². The second-order valence-electron chi connectivity index (χ2n) is 13.9. The molecular weight excluding hydrogens is 637 g/mol. The number of likely N-dealkylation sites (N-methyl/N-ethyl adjacent to an activating group) is 1. The number of ether oxygens (including phenoxy) is 2. The monoisotopic (exact) mass is 682 g/mol. The Hall–Kier alpha value is -3.87. The molecule has 3 aromatic rings. The average Bonchev–Trinajstić information content (AvgIpc) is 3.06. The number of hydrazine groups is 1. The molecule has 0 bridgehead atoms. The first-order valence-corrected chi connectivity index (χ1v) is 17.0. The van der Waals surface area contributed by atoms with Crippen LogP contribution in [0.2, 0.25) is 0 Å². The summed E-state index contributed by atoms with van der Waals surface area (Å²) in [5.74, 6) is -3.74. The number of likely N-dealkylation sites (tertiary alicyclic amines) is 2. The normalized spacial score (nSPS) is 23.6. The van der Waals surface area contributed by atoms with E-state index in [1.54, 1.807) is 12.0 Å². The van der Waals surface area contributed by atoms with E-state index in [4.69, 9.17) is 14.6 Å². The summed E-state index contributed by atoms with van der Waals surface area (Å²) in [5.41, 5.74) is 4.68. The molecule has 1 amide bonds. The number of carboxylic acids is 1. The molecule has 12 heteroatoms. The number of carbonyl (C=O) groups excluding carboxylic acids is 1. The summed E-state index contributed by atoms with van der Waals surface area (Å²) in [5, 5.41) is 12.3. The molecule has 0 radical (unpaired) electrons. The first kappa shape index (κ1) is 35.0. The summed E-state index contributed by atoms with van der Waals surface area (Å²) in [6.45, 7) is 3.43. The zero-order valence-corrected chi connectivity index (χ0v) is 28.3. The second kappa shape index (κ2) is 13.8. The maximum absolute atomic E-state index is 14.4. The van der Waals surface area contributed by atoms with Gasteiger partial charge in [0.25, 0.3) is 11.8 Å². The predicted molar refractivity (Wildman–Crippen MR) is 180 cm³/mol. The highest BCUT2D eigenvalue weighted by Gasteiger charge is 2.77. The molecule has 1 spiro atoms. The second-order valence-corrected chi connectivity index (χ2v) is 13.9. The van der Waals surface area contributed by atoms with Gasteiger partial charge in [0.1, 0.15) is 23.0 Å². The number of methoxy groups -OCH3 is 1. The number of piperidine rings is 2. The van der Waals surface area contributed by atoms with E-state index in [-0.39, 0.29) is 31.5 Å². The van der Waals surface area contributed by atoms with E-state index in [0.717, 1.165) is 76.8 Å². The Bertz CT molecular complexity index is 1690. The number of amides is 1. The number of carbonyl (C=O) groups is 2. The van der Waals surface area contributed by atoms with Crippen LogP contribution in [0.5, 0.6) is 11.5 Å². The lowest BCUT2D eigenvalue weighted by molar-refractivity contribution is -0.297. The number of hydrogen-bond donors (Lipinski definition) is 2. The minimum absolute atomic E-state index is 0.113. The molecule has 4 aliphatic rings. The van der Waals surface area contributed by atoms with Crippen LogP contribution < -0.4 is 14.9 Å². The third-order valence-electron chi connectivity index (χ3n) is 10.4. The van der Waals surface area contributed by atoms with E-state index >= 15 is 0 Å². The number of nitrogens with zero attached hydrogens (tertiary/aromatic N) is 3. The van der Waals surface area contributed by atoms with Gasteiger partial charge in [-0.1, -0.05) is 42.5 Å². The van der Waals surface area contributed by atoms with Gasteiger partial charge in [-0.25, -0.2) is 23.6 Å². The fourth-order valence-electron chi connectivity index (χ4n) is 7.81. The summed E-state index contributed by atoms with van der Waals surface area (Å²) in [4.78, 5) is 26.9. The molecule has 9 nitrogen and oxygen atoms in total. The first-order chi connectivity index (χ1) is 23.3. The van der Waals surface area contributed by atoms with Crippen molar-refractivity contribution >= 4 is 22.6 Å². The number of hydrogen-bond acceptors (Lipinski definition) is 7. The molecule has 4 heterocycles. The zero-order valence-electron chi connectivity index (χ0n) is 28.3. The van der Waals surface area contributed by atoms with E-state index in [1.165, 1.54) is 0 Å². The number of benzene rings is 3. The van der Waals surface area contributed by atoms with Crippen LogP contribution in [-0.4, -0.2) is 103 Å². The maximum atomic E-state index is 14.4. The minimum atomic E-state index is -2.74. The Morgan fingerprint density at radius 1 is 1.04 bits per heavy atom. The molecule has 2 unspecified atom stereocenters. The molecule has 0 aromatic heterocycles. The highest BCUT2D eigenvalue weighted by atomic mass is 19.3. The molecule has 2 atom stereocenters. The van der Waals surface area contributed by atoms with E-state index in [1.807, 2.05) is 36.4 Å². The maximum Gasteiger partial charge on any atom is 0.303 e. The largest absolute Gasteiger partial charge is 0.496 e. The fraction of sp³-hybridized carbons (Fsp3) is 0.514. The summed E-state index contributed by atoms with van der Waals surface area (Å²) in [6, 6.07) is 18.2. The summed E-state index contributed by atoms with van der Waals surface area (Å²) < 4.78 is 52.5. The molecule has 4 aliphatic heterocycles. The van der Waals surface area contributed by atoms with Crippen LogP contribution in [-0.2, 0) is 16.0 Å². The van der Waals surface area contributed by atoms with Crippen LogP contribution in [0.4, 0.5) is 13.2 Å². The highest BCUT2D eigenvalue weighted by Crippen LogP contribution is 2.58. The van der Waals surface area contributed by atoms with Gasteiger partial charge in [-0.05, 0) is 92.8 Å². The van der Waals surface area contributed by atoms with Crippen molar-refractivity contribution in [1.82, 2.24) is 20.2 Å². The molecule has 0 aliphatic carbocycles. The average molecular weight is 683 g/mol. The van der Waals surface area contributed by atoms with Gasteiger partial charge in [0.15, 0.2) is 0 Å². The highest BCUT2D eigenvalue weighted by molar-refractivity contribution is 6.01. The third-order valence-corrected chi connectivity index (χ3v) is 10.4. The Morgan fingerprint density at radius 2 is 1.73 bits per heavy atom. The zero-order chi connectivity index (χ0) is 35.0. The molecule has 3 aromatic carbocycles. The number of carboxylic acid groups (broad SMARTS) is 1. The number of aryl methyl sites for hydroxylation is 1. The van der Waals surface area contributed by atoms with Gasteiger partial charge in [-0.3, -0.25) is 14.5 Å². The van der Waals surface area contributed by atoms with Crippen molar-refractivity contribution < 1.29 is 37.3 Å². The molecule has 0 saturated carbocycles. The number of nitrogens with one attached hydrogen (secondary N) is 1. The Morgan fingerprint density at radius 3 is 2.37 bits per heavy atom. The molecule has 7 rings (SSSR count). The van der Waals surface area contributed by atoms with Gasteiger partial charge in [0.05, 0.1) is 25.8 Å². The van der Waals surface area contributed by atoms with Crippen molar-refractivity contribution in [3.8, 4) is 22.6 Å². The fourth-order valence-corrected chi connectivity index (χ4v) is 7.81. The smallest absolute Gasteiger partial charge is 0.303 e. The van der Waals surface area contributed by atoms with Crippen LogP contribution >= 0.6 is 0 Å². The molecular formula is C37H45F3N4O5. The number of halogens is 3. The van der Waals surface area contributed by atoms with Crippen molar-refractivity contribution in [3.05, 3.63) is 60.2 Å². The van der Waals surface area contributed by atoms with Gasteiger partial charge < -0.3 is 19.5 Å². The van der Waals surface area contributed by atoms with Crippen LogP contribution in [0.1, 0.15) is 44.6 Å². The van der Waals surface area contributed by atoms with E-state index < -0.39 is 23.1 Å². The van der Waals surface area contributed by atoms with Crippen LogP contribution in [0.15, 0.2) is 54.6 Å². The molecule has 264 valence electrons. The Kier molecular flexibility index (Phi) is 9.85. The number of alkyl halides is 3. The van der Waals surface area contributed by atoms with Gasteiger partial charge in [0.2, 0.25) is 5.79 Å². The van der Waals surface area contributed by atoms with Gasteiger partial charge in [-0.15, -0.1) is 0 Å². The number of aliphatic carboxylic acids is 1. The predicted octanol–water partition coefficient (Wildman–Crippen LogP) is 5.76. The lowest BCUT2D eigenvalue weighted by Gasteiger charge is -2.67. The van der Waals surface area contributed by atoms with Crippen molar-refractivity contribution in [3.63, 3.8) is 0 Å². The Labute approximate surface area is 284 Å². The summed E-state index contributed by atoms with van der Waals surface area (Å²) >= 11 is 0. The standard InChI is InChI=1S/C26H29NO4.C11H16F3N3O/c1-27-16-6-8-19(17-27)31-24-13-5-12-23(30-2)26(24)22-11-4-9-20-18(14-15-25(28)29)7-3-10-21(20)22;1-9(12,13)7-16-4-2-10(3-5-16)8(18)17-11(10,14)6-15-17/h3-5,7,9-13,19H,6,8,14-17H2,1-2H3,(H,28,29);15H,2-7H2,1H3. The topological polar surface area (TPSA) is 94.6 Å². The van der Waals surface area contributed by atoms with Gasteiger partial charge >= 0.3 is 5.97 Å². The summed E-state index contributed by atoms with van der Waals surface area (Å²) in [6.07, 6.45) is 3.58. The van der Waals surface area contributed by atoms with Gasteiger partial charge in [0, 0.05) is 19.9 Å². The lowest BCUT2D eigenvalue weighted by Crippen LogP contribution is -2.90. The molecule has 4 saturated heterocycles. The van der Waals surface area contributed by atoms with Crippen molar-refractivity contribution in [2.75, 3.05) is 53.4 Å². The van der Waals surface area contributed by atoms with Crippen LogP contribution in [0.3, 0.4) is 0 Å². The van der Waals surface area contributed by atoms with E-state index in [2.05, 4.69) is 35.6 Å². The number of β-lactam (4-membered cyclic amide) rings is 1. The quantitative estimate of drug-likeness (QED) is 0.218. The van der Waals surface area contributed by atoms with Crippen molar-refractivity contribution in [2.45, 2.75) is 63.3 Å².